The van der Waals surface area contributed by atoms with Crippen molar-refractivity contribution >= 4 is 27.5 Å². The van der Waals surface area contributed by atoms with Gasteiger partial charge < -0.3 is 9.84 Å². The van der Waals surface area contributed by atoms with E-state index >= 15 is 0 Å². The zero-order valence-corrected chi connectivity index (χ0v) is 7.36. The van der Waals surface area contributed by atoms with Gasteiger partial charge in [-0.1, -0.05) is 15.9 Å². The Morgan fingerprint density at radius 1 is 1.67 bits per heavy atom. The molecule has 0 amide bonds. The van der Waals surface area contributed by atoms with Crippen molar-refractivity contribution in [3.63, 3.8) is 0 Å². The van der Waals surface area contributed by atoms with E-state index in [0.29, 0.717) is 13.2 Å². The third-order valence-corrected chi connectivity index (χ3v) is 1.39. The van der Waals surface area contributed by atoms with Gasteiger partial charge in [-0.15, -0.1) is 11.6 Å². The van der Waals surface area contributed by atoms with Crippen molar-refractivity contribution in [1.82, 2.24) is 0 Å². The molecule has 0 bridgehead atoms. The highest BCUT2D eigenvalue weighted by Gasteiger charge is 1.99. The van der Waals surface area contributed by atoms with Gasteiger partial charge in [0, 0.05) is 5.33 Å². The molecule has 56 valence electrons. The van der Waals surface area contributed by atoms with Crippen LogP contribution in [0.1, 0.15) is 0 Å². The maximum atomic E-state index is 8.81. The number of halogens is 2. The van der Waals surface area contributed by atoms with Crippen molar-refractivity contribution in [3.8, 4) is 0 Å². The van der Waals surface area contributed by atoms with Gasteiger partial charge in [-0.05, 0) is 0 Å². The number of ether oxygens (including phenoxy) is 1. The molecule has 0 aromatic heterocycles. The second-order valence-electron chi connectivity index (χ2n) is 1.57. The Hall–Kier alpha value is 0.690. The fourth-order valence-electron chi connectivity index (χ4n) is 0.318. The van der Waals surface area contributed by atoms with E-state index in [1.807, 2.05) is 0 Å². The van der Waals surface area contributed by atoms with E-state index in [0.717, 1.165) is 5.33 Å². The van der Waals surface area contributed by atoms with Gasteiger partial charge >= 0.3 is 0 Å². The lowest BCUT2D eigenvalue weighted by molar-refractivity contribution is 0.0560. The Morgan fingerprint density at radius 2 is 2.33 bits per heavy atom. The molecule has 9 heavy (non-hydrogen) atoms. The van der Waals surface area contributed by atoms with E-state index in [1.165, 1.54) is 0 Å². The largest absolute Gasteiger partial charge is 0.389 e. The first kappa shape index (κ1) is 9.69. The third kappa shape index (κ3) is 6.58. The van der Waals surface area contributed by atoms with Crippen molar-refractivity contribution in [1.29, 1.82) is 0 Å². The average Bonchev–Trinajstić information content (AvgIpc) is 1.89. The quantitative estimate of drug-likeness (QED) is 0.550. The molecular formula is C5H10BrClO2. The van der Waals surface area contributed by atoms with Gasteiger partial charge in [0.25, 0.3) is 0 Å². The Bertz CT molecular complexity index is 62.9. The maximum Gasteiger partial charge on any atom is 0.0908 e. The lowest BCUT2D eigenvalue weighted by atomic mass is 10.4. The van der Waals surface area contributed by atoms with Crippen LogP contribution in [0.5, 0.6) is 0 Å². The van der Waals surface area contributed by atoms with Gasteiger partial charge in [0.2, 0.25) is 0 Å². The number of rotatable bonds is 5. The molecule has 0 aliphatic rings. The van der Waals surface area contributed by atoms with Gasteiger partial charge in [0.1, 0.15) is 0 Å². The predicted molar refractivity (Wildman–Crippen MR) is 41.3 cm³/mol. The number of aliphatic hydroxyl groups is 1. The predicted octanol–water partition coefficient (Wildman–Crippen LogP) is 0.998. The molecule has 0 heterocycles. The molecule has 0 aromatic carbocycles. The van der Waals surface area contributed by atoms with Crippen LogP contribution in [0.3, 0.4) is 0 Å². The van der Waals surface area contributed by atoms with Crippen molar-refractivity contribution in [2.75, 3.05) is 24.4 Å². The summed E-state index contributed by atoms with van der Waals surface area (Å²) < 4.78 is 4.95. The summed E-state index contributed by atoms with van der Waals surface area (Å²) in [6.45, 7) is 0.947. The van der Waals surface area contributed by atoms with E-state index < -0.39 is 6.10 Å². The zero-order chi connectivity index (χ0) is 7.11. The minimum Gasteiger partial charge on any atom is -0.389 e. The second kappa shape index (κ2) is 6.81. The molecule has 0 aliphatic carbocycles. The number of aliphatic hydroxyl groups excluding tert-OH is 1. The summed E-state index contributed by atoms with van der Waals surface area (Å²) in [7, 11) is 0. The molecule has 1 atom stereocenters. The molecule has 4 heteroatoms. The first-order valence-corrected chi connectivity index (χ1v) is 4.34. The van der Waals surface area contributed by atoms with Gasteiger partial charge in [-0.3, -0.25) is 0 Å². The summed E-state index contributed by atoms with van der Waals surface area (Å²) >= 11 is 8.47. The molecule has 0 aliphatic heterocycles. The Kier molecular flexibility index (Phi) is 7.33. The highest BCUT2D eigenvalue weighted by atomic mass is 79.9. The van der Waals surface area contributed by atoms with E-state index in [-0.39, 0.29) is 5.88 Å². The molecule has 0 rings (SSSR count). The average molecular weight is 217 g/mol. The van der Waals surface area contributed by atoms with E-state index in [9.17, 15) is 0 Å². The lowest BCUT2D eigenvalue weighted by Gasteiger charge is -2.05. The number of hydrogen-bond acceptors (Lipinski definition) is 2. The summed E-state index contributed by atoms with van der Waals surface area (Å²) in [5.74, 6) is 0.238. The van der Waals surface area contributed by atoms with Crippen LogP contribution in [0.25, 0.3) is 0 Å². The van der Waals surface area contributed by atoms with Crippen LogP contribution in [0, 0.1) is 0 Å². The summed E-state index contributed by atoms with van der Waals surface area (Å²) in [5, 5.41) is 9.61. The molecule has 0 fully saturated rings. The van der Waals surface area contributed by atoms with Crippen LogP contribution in [0.4, 0.5) is 0 Å². The van der Waals surface area contributed by atoms with Gasteiger partial charge in [0.05, 0.1) is 25.2 Å². The molecule has 0 saturated heterocycles. The van der Waals surface area contributed by atoms with Crippen molar-refractivity contribution in [2.45, 2.75) is 6.10 Å². The van der Waals surface area contributed by atoms with E-state index in [2.05, 4.69) is 15.9 Å². The fourth-order valence-corrected chi connectivity index (χ4v) is 0.636. The van der Waals surface area contributed by atoms with Crippen molar-refractivity contribution < 1.29 is 9.84 Å². The van der Waals surface area contributed by atoms with Crippen LogP contribution in [0.2, 0.25) is 0 Å². The smallest absolute Gasteiger partial charge is 0.0908 e. The van der Waals surface area contributed by atoms with E-state index in [4.69, 9.17) is 21.4 Å². The minimum atomic E-state index is -0.522. The summed E-state index contributed by atoms with van der Waals surface area (Å²) in [6.07, 6.45) is -0.522. The monoisotopic (exact) mass is 216 g/mol. The Labute approximate surface area is 68.3 Å². The highest BCUT2D eigenvalue weighted by molar-refractivity contribution is 9.09. The number of hydrogen-bond donors (Lipinski definition) is 1. The topological polar surface area (TPSA) is 29.5 Å². The molecule has 2 nitrogen and oxygen atoms in total. The first-order chi connectivity index (χ1) is 4.31. The Balaban J connectivity index is 2.88. The molecule has 0 saturated carbocycles. The zero-order valence-electron chi connectivity index (χ0n) is 5.02. The molecule has 0 radical (unpaired) electrons. The second-order valence-corrected chi connectivity index (χ2v) is 2.67. The van der Waals surface area contributed by atoms with Crippen LogP contribution >= 0.6 is 27.5 Å². The molecule has 0 spiro atoms. The van der Waals surface area contributed by atoms with E-state index in [1.54, 1.807) is 0 Å². The van der Waals surface area contributed by atoms with Gasteiger partial charge in [-0.25, -0.2) is 0 Å². The standard InChI is InChI=1S/C5H10BrClO2/c6-1-2-9-4-5(8)3-7/h5,8H,1-4H2/t5-/m0/s1. The number of alkyl halides is 2. The molecular weight excluding hydrogens is 207 g/mol. The molecule has 0 unspecified atom stereocenters. The fraction of sp³-hybridized carbons (Fsp3) is 1.00. The normalized spacial score (nSPS) is 13.7. The molecule has 0 aromatic rings. The maximum absolute atomic E-state index is 8.81. The van der Waals surface area contributed by atoms with Crippen LogP contribution in [-0.4, -0.2) is 35.6 Å². The first-order valence-electron chi connectivity index (χ1n) is 2.69. The van der Waals surface area contributed by atoms with Crippen molar-refractivity contribution in [3.05, 3.63) is 0 Å². The minimum absolute atomic E-state index is 0.238. The third-order valence-electron chi connectivity index (χ3n) is 0.710. The summed E-state index contributed by atoms with van der Waals surface area (Å²) in [6, 6.07) is 0. The Morgan fingerprint density at radius 3 is 2.78 bits per heavy atom. The van der Waals surface area contributed by atoms with Crippen LogP contribution in [-0.2, 0) is 4.74 Å². The summed E-state index contributed by atoms with van der Waals surface area (Å²) in [4.78, 5) is 0. The van der Waals surface area contributed by atoms with Crippen molar-refractivity contribution in [2.24, 2.45) is 0 Å². The van der Waals surface area contributed by atoms with Gasteiger partial charge in [0.15, 0.2) is 0 Å². The highest BCUT2D eigenvalue weighted by Crippen LogP contribution is 1.89. The SMILES string of the molecule is O[C@@H](CCl)COCCBr. The summed E-state index contributed by atoms with van der Waals surface area (Å²) in [5.41, 5.74) is 0. The lowest BCUT2D eigenvalue weighted by Crippen LogP contribution is -2.17. The van der Waals surface area contributed by atoms with Crippen LogP contribution in [0.15, 0.2) is 0 Å². The molecule has 1 N–H and O–H groups in total. The van der Waals surface area contributed by atoms with Gasteiger partial charge in [-0.2, -0.15) is 0 Å². The van der Waals surface area contributed by atoms with Crippen LogP contribution < -0.4 is 0 Å².